The van der Waals surface area contributed by atoms with Crippen LogP contribution in [0.4, 0.5) is 10.5 Å². The summed E-state index contributed by atoms with van der Waals surface area (Å²) < 4.78 is 32.8. The fourth-order valence-electron chi connectivity index (χ4n) is 3.00. The van der Waals surface area contributed by atoms with E-state index in [0.29, 0.717) is 42.4 Å². The number of amides is 2. The number of halogens is 1. The highest BCUT2D eigenvalue weighted by molar-refractivity contribution is 7.89. The molecule has 2 aromatic carbocycles. The van der Waals surface area contributed by atoms with Gasteiger partial charge in [0.15, 0.2) is 0 Å². The van der Waals surface area contributed by atoms with Crippen LogP contribution >= 0.6 is 11.6 Å². The molecule has 0 spiro atoms. The number of nitrogens with zero attached hydrogens (tertiary/aromatic N) is 1. The van der Waals surface area contributed by atoms with Gasteiger partial charge in [0.25, 0.3) is 0 Å². The van der Waals surface area contributed by atoms with E-state index in [1.165, 1.54) is 19.2 Å². The Kier molecular flexibility index (Phi) is 6.43. The summed E-state index contributed by atoms with van der Waals surface area (Å²) in [6.07, 6.45) is 1.07. The molecule has 28 heavy (non-hydrogen) atoms. The maximum atomic E-state index is 12.5. The Morgan fingerprint density at radius 3 is 2.36 bits per heavy atom. The van der Waals surface area contributed by atoms with Crippen molar-refractivity contribution in [3.05, 3.63) is 53.6 Å². The van der Waals surface area contributed by atoms with Crippen LogP contribution in [0.2, 0.25) is 5.02 Å². The molecule has 2 aromatic rings. The molecule has 1 heterocycles. The van der Waals surface area contributed by atoms with Crippen molar-refractivity contribution >= 4 is 33.3 Å². The number of para-hydroxylation sites is 1. The number of hydrogen-bond donors (Lipinski definition) is 2. The molecule has 0 bridgehead atoms. The van der Waals surface area contributed by atoms with Crippen LogP contribution in [0.25, 0.3) is 0 Å². The highest BCUT2D eigenvalue weighted by Crippen LogP contribution is 2.22. The van der Waals surface area contributed by atoms with E-state index in [1.54, 1.807) is 41.3 Å². The zero-order valence-electron chi connectivity index (χ0n) is 15.4. The smallest absolute Gasteiger partial charge is 0.321 e. The van der Waals surface area contributed by atoms with Crippen molar-refractivity contribution < 1.29 is 17.9 Å². The van der Waals surface area contributed by atoms with Crippen LogP contribution < -0.4 is 14.8 Å². The largest absolute Gasteiger partial charge is 0.497 e. The van der Waals surface area contributed by atoms with Crippen LogP contribution in [0.3, 0.4) is 0 Å². The van der Waals surface area contributed by atoms with Gasteiger partial charge in [-0.05, 0) is 49.2 Å². The van der Waals surface area contributed by atoms with E-state index in [9.17, 15) is 13.2 Å². The van der Waals surface area contributed by atoms with Crippen LogP contribution in [0.15, 0.2) is 53.4 Å². The Balaban J connectivity index is 1.54. The van der Waals surface area contributed by atoms with Gasteiger partial charge in [-0.1, -0.05) is 23.7 Å². The molecule has 0 aromatic heterocycles. The number of rotatable bonds is 5. The zero-order valence-corrected chi connectivity index (χ0v) is 17.0. The third kappa shape index (κ3) is 4.95. The van der Waals surface area contributed by atoms with Gasteiger partial charge in [0.1, 0.15) is 5.75 Å². The molecule has 0 aliphatic carbocycles. The molecule has 0 atom stereocenters. The first-order valence-corrected chi connectivity index (χ1v) is 10.7. The number of carbonyl (C=O) groups is 1. The van der Waals surface area contributed by atoms with Gasteiger partial charge < -0.3 is 15.0 Å². The predicted octanol–water partition coefficient (Wildman–Crippen LogP) is 3.32. The van der Waals surface area contributed by atoms with Gasteiger partial charge in [-0.15, -0.1) is 0 Å². The molecular formula is C19H22ClN3O4S. The van der Waals surface area contributed by atoms with E-state index < -0.39 is 10.0 Å². The minimum absolute atomic E-state index is 0.187. The van der Waals surface area contributed by atoms with Crippen LogP contribution in [-0.2, 0) is 10.0 Å². The van der Waals surface area contributed by atoms with E-state index in [0.717, 1.165) is 0 Å². The van der Waals surface area contributed by atoms with Crippen LogP contribution in [0, 0.1) is 0 Å². The number of hydrogen-bond acceptors (Lipinski definition) is 4. The second-order valence-corrected chi connectivity index (χ2v) is 8.59. The SMILES string of the molecule is COc1ccc(S(=O)(=O)NC2CCN(C(=O)Nc3ccccc3Cl)CC2)cc1. The Hall–Kier alpha value is -2.29. The Bertz CT molecular complexity index is 926. The molecule has 0 saturated carbocycles. The first-order valence-electron chi connectivity index (χ1n) is 8.86. The number of benzene rings is 2. The number of methoxy groups -OCH3 is 1. The second kappa shape index (κ2) is 8.81. The first kappa shape index (κ1) is 20.4. The van der Waals surface area contributed by atoms with E-state index >= 15 is 0 Å². The molecule has 1 aliphatic rings. The van der Waals surface area contributed by atoms with E-state index in [2.05, 4.69) is 10.0 Å². The van der Waals surface area contributed by atoms with E-state index in [4.69, 9.17) is 16.3 Å². The number of sulfonamides is 1. The molecule has 7 nitrogen and oxygen atoms in total. The van der Waals surface area contributed by atoms with E-state index in [-0.39, 0.29) is 17.0 Å². The van der Waals surface area contributed by atoms with Gasteiger partial charge in [-0.2, -0.15) is 0 Å². The van der Waals surface area contributed by atoms with Crippen molar-refractivity contribution in [3.63, 3.8) is 0 Å². The van der Waals surface area contributed by atoms with Crippen LogP contribution in [0.5, 0.6) is 5.75 Å². The molecule has 1 aliphatic heterocycles. The quantitative estimate of drug-likeness (QED) is 0.772. The van der Waals surface area contributed by atoms with Crippen LogP contribution in [0.1, 0.15) is 12.8 Å². The third-order valence-corrected chi connectivity index (χ3v) is 6.46. The van der Waals surface area contributed by atoms with Gasteiger partial charge >= 0.3 is 6.03 Å². The number of nitrogens with one attached hydrogen (secondary N) is 2. The summed E-state index contributed by atoms with van der Waals surface area (Å²) in [6.45, 7) is 0.901. The molecular weight excluding hydrogens is 402 g/mol. The Morgan fingerprint density at radius 2 is 1.75 bits per heavy atom. The van der Waals surface area contributed by atoms with Crippen molar-refractivity contribution in [1.29, 1.82) is 0 Å². The number of piperidine rings is 1. The zero-order chi connectivity index (χ0) is 20.1. The van der Waals surface area contributed by atoms with Gasteiger partial charge in [0.2, 0.25) is 10.0 Å². The summed E-state index contributed by atoms with van der Waals surface area (Å²) in [5.41, 5.74) is 0.552. The standard InChI is InChI=1S/C19H22ClN3O4S/c1-27-15-6-8-16(9-7-15)28(25,26)22-14-10-12-23(13-11-14)19(24)21-18-5-3-2-4-17(18)20/h2-9,14,22H,10-13H2,1H3,(H,21,24). The lowest BCUT2D eigenvalue weighted by molar-refractivity contribution is 0.193. The summed E-state index contributed by atoms with van der Waals surface area (Å²) in [5.74, 6) is 0.594. The lowest BCUT2D eigenvalue weighted by atomic mass is 10.1. The van der Waals surface area contributed by atoms with Crippen molar-refractivity contribution in [2.24, 2.45) is 0 Å². The van der Waals surface area contributed by atoms with Gasteiger partial charge in [0, 0.05) is 19.1 Å². The topological polar surface area (TPSA) is 87.7 Å². The van der Waals surface area contributed by atoms with Crippen molar-refractivity contribution in [1.82, 2.24) is 9.62 Å². The number of carbonyl (C=O) groups excluding carboxylic acids is 1. The molecule has 3 rings (SSSR count). The fraction of sp³-hybridized carbons (Fsp3) is 0.316. The minimum Gasteiger partial charge on any atom is -0.497 e. The highest BCUT2D eigenvalue weighted by Gasteiger charge is 2.27. The number of ether oxygens (including phenoxy) is 1. The van der Waals surface area contributed by atoms with Gasteiger partial charge in [-0.25, -0.2) is 17.9 Å². The lowest BCUT2D eigenvalue weighted by Gasteiger charge is -2.32. The number of likely N-dealkylation sites (tertiary alicyclic amines) is 1. The monoisotopic (exact) mass is 423 g/mol. The average Bonchev–Trinajstić information content (AvgIpc) is 2.70. The summed E-state index contributed by atoms with van der Waals surface area (Å²) in [7, 11) is -2.09. The minimum atomic E-state index is -3.62. The lowest BCUT2D eigenvalue weighted by Crippen LogP contribution is -2.47. The molecule has 0 unspecified atom stereocenters. The van der Waals surface area contributed by atoms with Crippen molar-refractivity contribution in [3.8, 4) is 5.75 Å². The normalized spacial score (nSPS) is 15.3. The summed E-state index contributed by atoms with van der Waals surface area (Å²) in [5, 5.41) is 3.25. The van der Waals surface area contributed by atoms with E-state index in [1.807, 2.05) is 0 Å². The van der Waals surface area contributed by atoms with Gasteiger partial charge in [0.05, 0.1) is 22.7 Å². The predicted molar refractivity (Wildman–Crippen MR) is 108 cm³/mol. The Morgan fingerprint density at radius 1 is 1.11 bits per heavy atom. The van der Waals surface area contributed by atoms with Crippen molar-refractivity contribution in [2.45, 2.75) is 23.8 Å². The molecule has 2 amide bonds. The Labute approximate surface area is 169 Å². The maximum absolute atomic E-state index is 12.5. The summed E-state index contributed by atoms with van der Waals surface area (Å²) in [4.78, 5) is 14.2. The molecule has 2 N–H and O–H groups in total. The third-order valence-electron chi connectivity index (χ3n) is 4.59. The average molecular weight is 424 g/mol. The number of urea groups is 1. The fourth-order valence-corrected chi connectivity index (χ4v) is 4.49. The number of anilines is 1. The first-order chi connectivity index (χ1) is 13.4. The maximum Gasteiger partial charge on any atom is 0.321 e. The molecule has 1 fully saturated rings. The van der Waals surface area contributed by atoms with Crippen molar-refractivity contribution in [2.75, 3.05) is 25.5 Å². The van der Waals surface area contributed by atoms with Gasteiger partial charge in [-0.3, -0.25) is 0 Å². The summed E-state index contributed by atoms with van der Waals surface area (Å²) >= 11 is 6.06. The molecule has 1 saturated heterocycles. The van der Waals surface area contributed by atoms with Crippen LogP contribution in [-0.4, -0.2) is 45.6 Å². The molecule has 150 valence electrons. The highest BCUT2D eigenvalue weighted by atomic mass is 35.5. The molecule has 9 heteroatoms. The summed E-state index contributed by atoms with van der Waals surface area (Å²) in [6, 6.07) is 12.8. The molecule has 0 radical (unpaired) electrons. The second-order valence-electron chi connectivity index (χ2n) is 6.47.